The molecule has 1 aliphatic heterocycles. The van der Waals surface area contributed by atoms with Crippen LogP contribution in [0, 0.1) is 0 Å². The van der Waals surface area contributed by atoms with Crippen molar-refractivity contribution in [2.24, 2.45) is 0 Å². The molecule has 0 saturated heterocycles. The van der Waals surface area contributed by atoms with Gasteiger partial charge in [-0.1, -0.05) is 15.9 Å². The van der Waals surface area contributed by atoms with Gasteiger partial charge < -0.3 is 19.3 Å². The molecule has 1 N–H and O–H groups in total. The van der Waals surface area contributed by atoms with Crippen molar-refractivity contribution in [1.29, 1.82) is 0 Å². The van der Waals surface area contributed by atoms with Gasteiger partial charge in [0, 0.05) is 17.5 Å². The van der Waals surface area contributed by atoms with Crippen LogP contribution >= 0.6 is 15.9 Å². The lowest BCUT2D eigenvalue weighted by atomic mass is 10.1. The standard InChI is InChI=1S/C13H15BrF2O4/c14-9-6-12-11(19-3-4-20-12)5-8(9)10(17)1-2-18-7-13(15)16/h5-6,10,13,17H,1-4,7H2. The summed E-state index contributed by atoms with van der Waals surface area (Å²) in [6, 6.07) is 3.42. The van der Waals surface area contributed by atoms with E-state index in [0.717, 1.165) is 0 Å². The molecule has 4 nitrogen and oxygen atoms in total. The predicted molar refractivity (Wildman–Crippen MR) is 71.5 cm³/mol. The minimum atomic E-state index is -2.49. The first kappa shape index (κ1) is 15.5. The second-order valence-corrected chi connectivity index (χ2v) is 5.14. The molecular formula is C13H15BrF2O4. The maximum Gasteiger partial charge on any atom is 0.261 e. The van der Waals surface area contributed by atoms with E-state index in [0.29, 0.717) is 34.7 Å². The van der Waals surface area contributed by atoms with Crippen molar-refractivity contribution < 1.29 is 28.1 Å². The number of hydrogen-bond acceptors (Lipinski definition) is 4. The van der Waals surface area contributed by atoms with Crippen molar-refractivity contribution in [3.05, 3.63) is 22.2 Å². The average Bonchev–Trinajstić information content (AvgIpc) is 2.42. The fraction of sp³-hybridized carbons (Fsp3) is 0.538. The highest BCUT2D eigenvalue weighted by Gasteiger charge is 2.19. The van der Waals surface area contributed by atoms with Crippen molar-refractivity contribution in [3.8, 4) is 11.5 Å². The molecule has 20 heavy (non-hydrogen) atoms. The fourth-order valence-electron chi connectivity index (χ4n) is 1.86. The van der Waals surface area contributed by atoms with Crippen LogP contribution in [-0.4, -0.2) is 38.0 Å². The van der Waals surface area contributed by atoms with Gasteiger partial charge in [0.25, 0.3) is 6.43 Å². The van der Waals surface area contributed by atoms with Gasteiger partial charge in [-0.15, -0.1) is 0 Å². The molecule has 0 saturated carbocycles. The van der Waals surface area contributed by atoms with E-state index in [-0.39, 0.29) is 13.0 Å². The molecule has 1 aromatic carbocycles. The Morgan fingerprint density at radius 2 is 1.90 bits per heavy atom. The van der Waals surface area contributed by atoms with E-state index in [4.69, 9.17) is 14.2 Å². The molecule has 0 aromatic heterocycles. The van der Waals surface area contributed by atoms with Crippen molar-refractivity contribution >= 4 is 15.9 Å². The lowest BCUT2D eigenvalue weighted by Gasteiger charge is -2.21. The Morgan fingerprint density at radius 1 is 1.25 bits per heavy atom. The van der Waals surface area contributed by atoms with Crippen LogP contribution in [0.5, 0.6) is 11.5 Å². The van der Waals surface area contributed by atoms with Crippen LogP contribution in [0.25, 0.3) is 0 Å². The second kappa shape index (κ2) is 7.19. The zero-order chi connectivity index (χ0) is 14.5. The average molecular weight is 353 g/mol. The van der Waals surface area contributed by atoms with Gasteiger partial charge >= 0.3 is 0 Å². The first-order valence-electron chi connectivity index (χ1n) is 6.21. The number of alkyl halides is 2. The molecule has 2 rings (SSSR count). The van der Waals surface area contributed by atoms with Crippen LogP contribution in [0.1, 0.15) is 18.1 Å². The van der Waals surface area contributed by atoms with Gasteiger partial charge in [-0.2, -0.15) is 0 Å². The van der Waals surface area contributed by atoms with Crippen molar-refractivity contribution in [2.75, 3.05) is 26.4 Å². The van der Waals surface area contributed by atoms with Crippen LogP contribution in [-0.2, 0) is 4.74 Å². The van der Waals surface area contributed by atoms with Crippen LogP contribution in [0.3, 0.4) is 0 Å². The molecular weight excluding hydrogens is 338 g/mol. The van der Waals surface area contributed by atoms with Crippen molar-refractivity contribution in [3.63, 3.8) is 0 Å². The van der Waals surface area contributed by atoms with Gasteiger partial charge in [-0.3, -0.25) is 0 Å². The molecule has 0 fully saturated rings. The SMILES string of the molecule is OC(CCOCC(F)F)c1cc2c(cc1Br)OCCO2. The highest BCUT2D eigenvalue weighted by Crippen LogP contribution is 2.38. The topological polar surface area (TPSA) is 47.9 Å². The molecule has 1 aliphatic rings. The van der Waals surface area contributed by atoms with E-state index in [2.05, 4.69) is 15.9 Å². The second-order valence-electron chi connectivity index (χ2n) is 4.29. The van der Waals surface area contributed by atoms with E-state index in [1.165, 1.54) is 0 Å². The van der Waals surface area contributed by atoms with Crippen LogP contribution < -0.4 is 9.47 Å². The Labute approximate surface area is 123 Å². The Morgan fingerprint density at radius 3 is 2.55 bits per heavy atom. The van der Waals surface area contributed by atoms with E-state index < -0.39 is 19.1 Å². The lowest BCUT2D eigenvalue weighted by molar-refractivity contribution is 0.00470. The maximum absolute atomic E-state index is 11.9. The summed E-state index contributed by atoms with van der Waals surface area (Å²) in [7, 11) is 0. The minimum Gasteiger partial charge on any atom is -0.486 e. The summed E-state index contributed by atoms with van der Waals surface area (Å²) in [6.45, 7) is 0.395. The van der Waals surface area contributed by atoms with E-state index in [1.54, 1.807) is 12.1 Å². The molecule has 0 radical (unpaired) electrons. The number of hydrogen-bond donors (Lipinski definition) is 1. The van der Waals surface area contributed by atoms with Crippen molar-refractivity contribution in [1.82, 2.24) is 0 Å². The number of benzene rings is 1. The summed E-state index contributed by atoms with van der Waals surface area (Å²) in [5, 5.41) is 10.1. The van der Waals surface area contributed by atoms with Crippen molar-refractivity contribution in [2.45, 2.75) is 19.0 Å². The van der Waals surface area contributed by atoms with E-state index in [9.17, 15) is 13.9 Å². The highest BCUT2D eigenvalue weighted by atomic mass is 79.9. The van der Waals surface area contributed by atoms with Gasteiger partial charge in [-0.05, 0) is 17.7 Å². The molecule has 1 aromatic rings. The van der Waals surface area contributed by atoms with Crippen LogP contribution in [0.4, 0.5) is 8.78 Å². The van der Waals surface area contributed by atoms with Gasteiger partial charge in [0.1, 0.15) is 19.8 Å². The van der Waals surface area contributed by atoms with Gasteiger partial charge in [0.2, 0.25) is 0 Å². The lowest BCUT2D eigenvalue weighted by Crippen LogP contribution is -2.16. The summed E-state index contributed by atoms with van der Waals surface area (Å²) in [5.74, 6) is 1.19. The molecule has 0 amide bonds. The molecule has 1 unspecified atom stereocenters. The first-order valence-corrected chi connectivity index (χ1v) is 7.00. The molecule has 1 atom stereocenters. The van der Waals surface area contributed by atoms with Gasteiger partial charge in [-0.25, -0.2) is 8.78 Å². The number of fused-ring (bicyclic) bond motifs is 1. The fourth-order valence-corrected chi connectivity index (χ4v) is 2.44. The highest BCUT2D eigenvalue weighted by molar-refractivity contribution is 9.10. The zero-order valence-corrected chi connectivity index (χ0v) is 12.2. The quantitative estimate of drug-likeness (QED) is 0.799. The number of ether oxygens (including phenoxy) is 3. The third kappa shape index (κ3) is 4.04. The zero-order valence-electron chi connectivity index (χ0n) is 10.7. The molecule has 0 spiro atoms. The summed E-state index contributed by atoms with van der Waals surface area (Å²) in [6.07, 6.45) is -3.09. The molecule has 0 bridgehead atoms. The Bertz CT molecular complexity index is 456. The normalized spacial score (nSPS) is 15.4. The van der Waals surface area contributed by atoms with Gasteiger partial charge in [0.05, 0.1) is 6.10 Å². The smallest absolute Gasteiger partial charge is 0.261 e. The number of aliphatic hydroxyl groups excluding tert-OH is 1. The van der Waals surface area contributed by atoms with Crippen LogP contribution in [0.2, 0.25) is 0 Å². The van der Waals surface area contributed by atoms with E-state index >= 15 is 0 Å². The summed E-state index contributed by atoms with van der Waals surface area (Å²) in [5.41, 5.74) is 0.620. The molecule has 7 heteroatoms. The Hall–Kier alpha value is -0.920. The monoisotopic (exact) mass is 352 g/mol. The molecule has 112 valence electrons. The third-order valence-electron chi connectivity index (χ3n) is 2.80. The van der Waals surface area contributed by atoms with E-state index in [1.807, 2.05) is 0 Å². The minimum absolute atomic E-state index is 0.0619. The van der Waals surface area contributed by atoms with Gasteiger partial charge in [0.15, 0.2) is 11.5 Å². The number of halogens is 3. The first-order chi connectivity index (χ1) is 9.58. The summed E-state index contributed by atoms with van der Waals surface area (Å²) in [4.78, 5) is 0. The number of rotatable bonds is 6. The molecule has 0 aliphatic carbocycles. The number of aliphatic hydroxyl groups is 1. The maximum atomic E-state index is 11.9. The van der Waals surface area contributed by atoms with Crippen LogP contribution in [0.15, 0.2) is 16.6 Å². The Kier molecular flexibility index (Phi) is 5.56. The summed E-state index contributed by atoms with van der Waals surface area (Å²) >= 11 is 3.35. The largest absolute Gasteiger partial charge is 0.486 e. The predicted octanol–water partition coefficient (Wildman–Crippen LogP) is 2.93. The Balaban J connectivity index is 1.97. The third-order valence-corrected chi connectivity index (χ3v) is 3.49. The molecule has 1 heterocycles. The summed E-state index contributed by atoms with van der Waals surface area (Å²) < 4.78 is 40.1.